The third-order valence-electron chi connectivity index (χ3n) is 2.52. The molecule has 0 aliphatic rings. The Hall–Kier alpha value is -1.82. The summed E-state index contributed by atoms with van der Waals surface area (Å²) in [5.74, 6) is -0.0121. The Morgan fingerprint density at radius 3 is 2.95 bits per heavy atom. The second-order valence-corrected chi connectivity index (χ2v) is 5.29. The number of rotatable bonds is 7. The van der Waals surface area contributed by atoms with E-state index in [2.05, 4.69) is 17.2 Å². The number of carbonyl (C=O) groups is 2. The van der Waals surface area contributed by atoms with Crippen molar-refractivity contribution in [1.29, 1.82) is 0 Å². The van der Waals surface area contributed by atoms with E-state index in [9.17, 15) is 9.59 Å². The van der Waals surface area contributed by atoms with Gasteiger partial charge in [-0.1, -0.05) is 13.0 Å². The fraction of sp³-hybridized carbons (Fsp3) is 0.357. The third-order valence-corrected chi connectivity index (χ3v) is 3.42. The summed E-state index contributed by atoms with van der Waals surface area (Å²) in [6, 6.07) is 3.32. The molecule has 6 heteroatoms. The monoisotopic (exact) mass is 294 g/mol. The van der Waals surface area contributed by atoms with E-state index in [1.165, 1.54) is 12.3 Å². The van der Waals surface area contributed by atoms with Crippen molar-refractivity contribution in [3.63, 3.8) is 0 Å². The summed E-state index contributed by atoms with van der Waals surface area (Å²) in [4.78, 5) is 26.6. The van der Waals surface area contributed by atoms with Crippen LogP contribution >= 0.6 is 11.8 Å². The standard InChI is InChI=1S/C14H18N2O3S/c1-10(9-20-2)8-16-14(19)13-11(4-3-7-15-13)5-6-12(17)18/h3-7,10H,8-9H2,1-2H3,(H,16,19)(H,17,18)/b6-5+. The SMILES string of the molecule is CSCC(C)CNC(=O)c1ncccc1/C=C/C(=O)O. The average molecular weight is 294 g/mol. The smallest absolute Gasteiger partial charge is 0.328 e. The summed E-state index contributed by atoms with van der Waals surface area (Å²) in [7, 11) is 0. The first-order valence-electron chi connectivity index (χ1n) is 6.17. The molecule has 1 amide bonds. The Labute approximate surface area is 122 Å². The molecule has 0 aliphatic heterocycles. The van der Waals surface area contributed by atoms with E-state index in [1.54, 1.807) is 23.9 Å². The van der Waals surface area contributed by atoms with Crippen LogP contribution in [0.3, 0.4) is 0 Å². The van der Waals surface area contributed by atoms with Gasteiger partial charge in [0.2, 0.25) is 0 Å². The van der Waals surface area contributed by atoms with E-state index in [0.29, 0.717) is 18.0 Å². The maximum atomic E-state index is 12.1. The zero-order chi connectivity index (χ0) is 15.0. The van der Waals surface area contributed by atoms with E-state index < -0.39 is 5.97 Å². The highest BCUT2D eigenvalue weighted by atomic mass is 32.2. The van der Waals surface area contributed by atoms with Gasteiger partial charge in [-0.15, -0.1) is 0 Å². The van der Waals surface area contributed by atoms with Crippen LogP contribution < -0.4 is 5.32 Å². The van der Waals surface area contributed by atoms with Crippen molar-refractivity contribution in [2.45, 2.75) is 6.92 Å². The maximum Gasteiger partial charge on any atom is 0.328 e. The van der Waals surface area contributed by atoms with Gasteiger partial charge in [0.1, 0.15) is 5.69 Å². The Bertz CT molecular complexity index is 503. The molecule has 0 fully saturated rings. The summed E-state index contributed by atoms with van der Waals surface area (Å²) >= 11 is 1.73. The van der Waals surface area contributed by atoms with Crippen molar-refractivity contribution >= 4 is 29.7 Å². The van der Waals surface area contributed by atoms with Crippen LogP contribution in [0.15, 0.2) is 24.4 Å². The molecule has 1 heterocycles. The quantitative estimate of drug-likeness (QED) is 0.751. The second kappa shape index (κ2) is 8.37. The van der Waals surface area contributed by atoms with E-state index in [0.717, 1.165) is 11.8 Å². The zero-order valence-electron chi connectivity index (χ0n) is 11.5. The lowest BCUT2D eigenvalue weighted by atomic mass is 10.1. The number of carboxylic acids is 1. The number of carbonyl (C=O) groups excluding carboxylic acids is 1. The maximum absolute atomic E-state index is 12.1. The first kappa shape index (κ1) is 16.2. The predicted molar refractivity (Wildman–Crippen MR) is 80.8 cm³/mol. The number of aromatic nitrogens is 1. The molecule has 1 aromatic heterocycles. The molecule has 0 spiro atoms. The van der Waals surface area contributed by atoms with Gasteiger partial charge >= 0.3 is 5.97 Å². The molecule has 1 unspecified atom stereocenters. The molecule has 20 heavy (non-hydrogen) atoms. The van der Waals surface area contributed by atoms with Crippen molar-refractivity contribution < 1.29 is 14.7 Å². The van der Waals surface area contributed by atoms with Gasteiger partial charge in [0.05, 0.1) is 0 Å². The number of hydrogen-bond donors (Lipinski definition) is 2. The molecule has 0 radical (unpaired) electrons. The highest BCUT2D eigenvalue weighted by molar-refractivity contribution is 7.98. The molecular formula is C14H18N2O3S. The summed E-state index contributed by atoms with van der Waals surface area (Å²) < 4.78 is 0. The Morgan fingerprint density at radius 2 is 2.30 bits per heavy atom. The van der Waals surface area contributed by atoms with Gasteiger partial charge in [-0.25, -0.2) is 4.79 Å². The van der Waals surface area contributed by atoms with Crippen molar-refractivity contribution in [3.8, 4) is 0 Å². The van der Waals surface area contributed by atoms with Gasteiger partial charge in [-0.2, -0.15) is 11.8 Å². The summed E-state index contributed by atoms with van der Waals surface area (Å²) in [5, 5.41) is 11.4. The van der Waals surface area contributed by atoms with Gasteiger partial charge in [0, 0.05) is 24.4 Å². The molecule has 1 rings (SSSR count). The number of amides is 1. The molecule has 5 nitrogen and oxygen atoms in total. The van der Waals surface area contributed by atoms with Crippen molar-refractivity contribution in [3.05, 3.63) is 35.7 Å². The molecule has 1 aromatic rings. The lowest BCUT2D eigenvalue weighted by Crippen LogP contribution is -2.30. The second-order valence-electron chi connectivity index (χ2n) is 4.38. The summed E-state index contributed by atoms with van der Waals surface area (Å²) in [5.41, 5.74) is 0.728. The third kappa shape index (κ3) is 5.44. The molecule has 0 aromatic carbocycles. The van der Waals surface area contributed by atoms with Crippen molar-refractivity contribution in [2.75, 3.05) is 18.6 Å². The van der Waals surface area contributed by atoms with E-state index in [-0.39, 0.29) is 11.6 Å². The lowest BCUT2D eigenvalue weighted by Gasteiger charge is -2.11. The van der Waals surface area contributed by atoms with Gasteiger partial charge in [-0.3, -0.25) is 9.78 Å². The predicted octanol–water partition coefficient (Wildman–Crippen LogP) is 1.91. The first-order valence-corrected chi connectivity index (χ1v) is 7.57. The van der Waals surface area contributed by atoms with Gasteiger partial charge in [-0.05, 0) is 30.1 Å². The minimum atomic E-state index is -1.06. The number of aliphatic carboxylic acids is 1. The highest BCUT2D eigenvalue weighted by Gasteiger charge is 2.12. The molecular weight excluding hydrogens is 276 g/mol. The molecule has 108 valence electrons. The van der Waals surface area contributed by atoms with Crippen LogP contribution in [-0.2, 0) is 4.79 Å². The van der Waals surface area contributed by atoms with Crippen LogP contribution in [0.2, 0.25) is 0 Å². The van der Waals surface area contributed by atoms with E-state index in [1.807, 2.05) is 6.26 Å². The first-order chi connectivity index (χ1) is 9.54. The Kier molecular flexibility index (Phi) is 6.79. The van der Waals surface area contributed by atoms with Crippen molar-refractivity contribution in [1.82, 2.24) is 10.3 Å². The van der Waals surface area contributed by atoms with Crippen LogP contribution in [0.1, 0.15) is 23.0 Å². The van der Waals surface area contributed by atoms with Gasteiger partial charge in [0.15, 0.2) is 0 Å². The minimum Gasteiger partial charge on any atom is -0.478 e. The molecule has 0 bridgehead atoms. The normalized spacial score (nSPS) is 12.3. The Morgan fingerprint density at radius 1 is 1.55 bits per heavy atom. The molecule has 0 aliphatic carbocycles. The largest absolute Gasteiger partial charge is 0.478 e. The summed E-state index contributed by atoms with van der Waals surface area (Å²) in [6.45, 7) is 2.62. The number of thioether (sulfide) groups is 1. The van der Waals surface area contributed by atoms with Gasteiger partial charge in [0.25, 0.3) is 5.91 Å². The topological polar surface area (TPSA) is 79.3 Å². The number of pyridine rings is 1. The number of hydrogen-bond acceptors (Lipinski definition) is 4. The molecule has 0 saturated heterocycles. The van der Waals surface area contributed by atoms with Crippen LogP contribution in [0, 0.1) is 5.92 Å². The van der Waals surface area contributed by atoms with Crippen LogP contribution in [-0.4, -0.2) is 40.5 Å². The van der Waals surface area contributed by atoms with E-state index >= 15 is 0 Å². The van der Waals surface area contributed by atoms with Crippen molar-refractivity contribution in [2.24, 2.45) is 5.92 Å². The van der Waals surface area contributed by atoms with Crippen LogP contribution in [0.25, 0.3) is 6.08 Å². The number of nitrogens with one attached hydrogen (secondary N) is 1. The fourth-order valence-corrected chi connectivity index (χ4v) is 2.28. The lowest BCUT2D eigenvalue weighted by molar-refractivity contribution is -0.131. The van der Waals surface area contributed by atoms with Crippen LogP contribution in [0.4, 0.5) is 0 Å². The fourth-order valence-electron chi connectivity index (χ4n) is 1.60. The number of carboxylic acid groups (broad SMARTS) is 1. The Balaban J connectivity index is 2.75. The zero-order valence-corrected chi connectivity index (χ0v) is 12.3. The summed E-state index contributed by atoms with van der Waals surface area (Å²) in [6.07, 6.45) is 5.89. The average Bonchev–Trinajstić information content (AvgIpc) is 2.43. The molecule has 2 N–H and O–H groups in total. The minimum absolute atomic E-state index is 0.237. The number of nitrogens with zero attached hydrogens (tertiary/aromatic N) is 1. The molecule has 1 atom stereocenters. The van der Waals surface area contributed by atoms with Gasteiger partial charge < -0.3 is 10.4 Å². The van der Waals surface area contributed by atoms with E-state index in [4.69, 9.17) is 5.11 Å². The highest BCUT2D eigenvalue weighted by Crippen LogP contribution is 2.08. The van der Waals surface area contributed by atoms with Crippen LogP contribution in [0.5, 0.6) is 0 Å². The molecule has 0 saturated carbocycles.